The molecular weight excluding hydrogens is 412 g/mol. The van der Waals surface area contributed by atoms with Crippen LogP contribution in [0.1, 0.15) is 42.8 Å². The molecule has 0 aliphatic carbocycles. The molecule has 7 heteroatoms. The van der Waals surface area contributed by atoms with Gasteiger partial charge in [-0.15, -0.1) is 21.5 Å². The van der Waals surface area contributed by atoms with Gasteiger partial charge in [-0.2, -0.15) is 0 Å². The lowest BCUT2D eigenvalue weighted by molar-refractivity contribution is -0.115. The Hall–Kier alpha value is -2.38. The molecule has 0 saturated carbocycles. The first-order valence-electron chi connectivity index (χ1n) is 10.2. The monoisotopic (exact) mass is 438 g/mol. The molecule has 0 radical (unpaired) electrons. The van der Waals surface area contributed by atoms with E-state index >= 15 is 0 Å². The van der Waals surface area contributed by atoms with Crippen molar-refractivity contribution in [2.45, 2.75) is 57.7 Å². The van der Waals surface area contributed by atoms with Gasteiger partial charge in [-0.25, -0.2) is 0 Å². The van der Waals surface area contributed by atoms with Gasteiger partial charge < -0.3 is 5.32 Å². The van der Waals surface area contributed by atoms with Crippen LogP contribution in [0, 0.1) is 20.8 Å². The number of carbonyl (C=O) groups is 1. The molecular formula is C23H26N4OS2. The van der Waals surface area contributed by atoms with Crippen molar-refractivity contribution in [3.63, 3.8) is 0 Å². The van der Waals surface area contributed by atoms with E-state index in [0.29, 0.717) is 6.42 Å². The molecule has 156 valence electrons. The Morgan fingerprint density at radius 1 is 1.13 bits per heavy atom. The molecule has 1 amide bonds. The number of thioether (sulfide) groups is 1. The van der Waals surface area contributed by atoms with Crippen LogP contribution in [-0.2, 0) is 11.2 Å². The van der Waals surface area contributed by atoms with Gasteiger partial charge in [0.25, 0.3) is 0 Å². The van der Waals surface area contributed by atoms with Crippen LogP contribution in [0.2, 0.25) is 0 Å². The van der Waals surface area contributed by atoms with Crippen molar-refractivity contribution >= 4 is 50.4 Å². The molecule has 0 unspecified atom stereocenters. The van der Waals surface area contributed by atoms with Crippen molar-refractivity contribution in [2.75, 3.05) is 5.32 Å². The Morgan fingerprint density at radius 3 is 2.53 bits per heavy atom. The molecule has 3 heterocycles. The summed E-state index contributed by atoms with van der Waals surface area (Å²) in [7, 11) is 0. The quantitative estimate of drug-likeness (QED) is 0.378. The summed E-state index contributed by atoms with van der Waals surface area (Å²) in [5.74, 6) is 0.941. The molecule has 0 fully saturated rings. The number of benzene rings is 1. The van der Waals surface area contributed by atoms with Gasteiger partial charge in [0.1, 0.15) is 10.9 Å². The average Bonchev–Trinajstić information content (AvgIpc) is 3.30. The lowest BCUT2D eigenvalue weighted by atomic mass is 10.0. The van der Waals surface area contributed by atoms with Gasteiger partial charge in [-0.05, 0) is 55.8 Å². The van der Waals surface area contributed by atoms with Gasteiger partial charge in [0.05, 0.1) is 21.0 Å². The summed E-state index contributed by atoms with van der Waals surface area (Å²) in [6, 6.07) is 8.48. The first-order chi connectivity index (χ1) is 14.4. The molecule has 1 aromatic carbocycles. The van der Waals surface area contributed by atoms with E-state index < -0.39 is 0 Å². The van der Waals surface area contributed by atoms with E-state index in [1.807, 2.05) is 20.8 Å². The molecule has 0 bridgehead atoms. The highest BCUT2D eigenvalue weighted by Gasteiger charge is 2.23. The van der Waals surface area contributed by atoms with Crippen molar-refractivity contribution in [2.24, 2.45) is 0 Å². The number of anilines is 1. The third-order valence-corrected chi connectivity index (χ3v) is 7.51. The SMILES string of the molecule is CCc1nnc(S[C@H](CC)C(=O)Nc2c(C)cc(C)cc2C)c2cc3sccc3n12. The summed E-state index contributed by atoms with van der Waals surface area (Å²) < 4.78 is 3.39. The van der Waals surface area contributed by atoms with Crippen molar-refractivity contribution in [1.82, 2.24) is 14.6 Å². The molecule has 1 atom stereocenters. The van der Waals surface area contributed by atoms with Gasteiger partial charge in [0.15, 0.2) is 0 Å². The van der Waals surface area contributed by atoms with Crippen LogP contribution < -0.4 is 5.32 Å². The van der Waals surface area contributed by atoms with Gasteiger partial charge in [-0.3, -0.25) is 9.20 Å². The normalized spacial score (nSPS) is 12.6. The fraction of sp³-hybridized carbons (Fsp3) is 0.348. The highest BCUT2D eigenvalue weighted by Crippen LogP contribution is 2.34. The zero-order chi connectivity index (χ0) is 21.4. The summed E-state index contributed by atoms with van der Waals surface area (Å²) in [6.07, 6.45) is 1.51. The molecule has 0 spiro atoms. The number of aryl methyl sites for hydroxylation is 4. The lowest BCUT2D eigenvalue weighted by Crippen LogP contribution is -2.25. The van der Waals surface area contributed by atoms with Crippen molar-refractivity contribution in [3.8, 4) is 0 Å². The Bertz CT molecular complexity index is 1220. The van der Waals surface area contributed by atoms with E-state index in [0.717, 1.165) is 45.1 Å². The molecule has 0 saturated heterocycles. The van der Waals surface area contributed by atoms with Crippen LogP contribution >= 0.6 is 23.1 Å². The number of thiophene rings is 1. The van der Waals surface area contributed by atoms with E-state index in [1.165, 1.54) is 22.0 Å². The minimum absolute atomic E-state index is 0.00504. The molecule has 5 nitrogen and oxygen atoms in total. The van der Waals surface area contributed by atoms with Crippen LogP contribution in [0.25, 0.3) is 15.7 Å². The maximum absolute atomic E-state index is 13.1. The second-order valence-corrected chi connectivity index (χ2v) is 9.73. The molecule has 4 aromatic rings. The molecule has 0 aliphatic rings. The topological polar surface area (TPSA) is 59.3 Å². The summed E-state index contributed by atoms with van der Waals surface area (Å²) in [5.41, 5.74) is 6.47. The van der Waals surface area contributed by atoms with Gasteiger partial charge in [0.2, 0.25) is 5.91 Å². The number of nitrogens with zero attached hydrogens (tertiary/aromatic N) is 3. The fourth-order valence-corrected chi connectivity index (χ4v) is 5.68. The predicted molar refractivity (Wildman–Crippen MR) is 127 cm³/mol. The van der Waals surface area contributed by atoms with E-state index in [1.54, 1.807) is 11.3 Å². The summed E-state index contributed by atoms with van der Waals surface area (Å²) in [6.45, 7) is 10.3. The number of rotatable bonds is 6. The number of aromatic nitrogens is 3. The second-order valence-electron chi connectivity index (χ2n) is 7.59. The number of hydrogen-bond acceptors (Lipinski definition) is 5. The van der Waals surface area contributed by atoms with E-state index in [2.05, 4.69) is 63.4 Å². The smallest absolute Gasteiger partial charge is 0.237 e. The van der Waals surface area contributed by atoms with E-state index in [9.17, 15) is 4.79 Å². The first-order valence-corrected chi connectivity index (χ1v) is 12.0. The van der Waals surface area contributed by atoms with Crippen LogP contribution in [-0.4, -0.2) is 25.8 Å². The Morgan fingerprint density at radius 2 is 1.87 bits per heavy atom. The van der Waals surface area contributed by atoms with E-state index in [-0.39, 0.29) is 11.2 Å². The van der Waals surface area contributed by atoms with Crippen molar-refractivity contribution in [3.05, 3.63) is 52.2 Å². The van der Waals surface area contributed by atoms with Crippen LogP contribution in [0.4, 0.5) is 5.69 Å². The summed E-state index contributed by atoms with van der Waals surface area (Å²) >= 11 is 3.21. The predicted octanol–water partition coefficient (Wildman–Crippen LogP) is 5.94. The third-order valence-electron chi connectivity index (χ3n) is 5.32. The maximum atomic E-state index is 13.1. The fourth-order valence-electron chi connectivity index (χ4n) is 3.91. The minimum atomic E-state index is -0.247. The highest BCUT2D eigenvalue weighted by atomic mass is 32.2. The number of nitrogens with one attached hydrogen (secondary N) is 1. The number of fused-ring (bicyclic) bond motifs is 3. The molecule has 3 aromatic heterocycles. The number of carbonyl (C=O) groups excluding carboxylic acids is 1. The molecule has 0 aliphatic heterocycles. The van der Waals surface area contributed by atoms with Crippen LogP contribution in [0.3, 0.4) is 0 Å². The second kappa shape index (κ2) is 8.40. The van der Waals surface area contributed by atoms with Crippen LogP contribution in [0.5, 0.6) is 0 Å². The lowest BCUT2D eigenvalue weighted by Gasteiger charge is -2.18. The van der Waals surface area contributed by atoms with Crippen LogP contribution in [0.15, 0.2) is 34.7 Å². The van der Waals surface area contributed by atoms with Gasteiger partial charge >= 0.3 is 0 Å². The first kappa shape index (κ1) is 20.9. The van der Waals surface area contributed by atoms with Gasteiger partial charge in [-0.1, -0.05) is 43.3 Å². The minimum Gasteiger partial charge on any atom is -0.325 e. The summed E-state index contributed by atoms with van der Waals surface area (Å²) in [5, 5.41) is 14.8. The zero-order valence-corrected chi connectivity index (χ0v) is 19.6. The van der Waals surface area contributed by atoms with Crippen molar-refractivity contribution < 1.29 is 4.79 Å². The van der Waals surface area contributed by atoms with Gasteiger partial charge in [0, 0.05) is 12.1 Å². The zero-order valence-electron chi connectivity index (χ0n) is 17.9. The molecule has 30 heavy (non-hydrogen) atoms. The standard InChI is InChI=1S/C23H26N4OS2/c1-6-18(22(28)24-21-14(4)10-13(3)11-15(21)5)30-23-17-12-19-16(8-9-29-19)27(17)20(7-2)25-26-23/h8-12,18H,6-7H2,1-5H3,(H,24,28)/t18-/m1/s1. The highest BCUT2D eigenvalue weighted by molar-refractivity contribution is 8.00. The molecule has 4 rings (SSSR count). The number of hydrogen-bond donors (Lipinski definition) is 1. The maximum Gasteiger partial charge on any atom is 0.237 e. The number of amides is 1. The summed E-state index contributed by atoms with van der Waals surface area (Å²) in [4.78, 5) is 13.1. The van der Waals surface area contributed by atoms with E-state index in [4.69, 9.17) is 0 Å². The third kappa shape index (κ3) is 3.72. The average molecular weight is 439 g/mol. The Labute approximate surface area is 184 Å². The molecule has 1 N–H and O–H groups in total. The Balaban J connectivity index is 1.66. The largest absolute Gasteiger partial charge is 0.325 e. The Kier molecular flexibility index (Phi) is 5.84. The van der Waals surface area contributed by atoms with Crippen molar-refractivity contribution in [1.29, 1.82) is 0 Å².